The molecule has 0 saturated heterocycles. The minimum Gasteiger partial charge on any atom is -0.466 e. The molecule has 0 heterocycles. The fourth-order valence-corrected chi connectivity index (χ4v) is 1.84. The Balaban J connectivity index is 3.57. The SMILES string of the molecule is C=C[C@@H](O)C#CC#C[C@H](O)/C=C\CCCCCCCCOC(C)=O. The summed E-state index contributed by atoms with van der Waals surface area (Å²) < 4.78 is 4.87. The molecule has 0 aromatic rings. The predicted octanol–water partition coefficient (Wildman–Crippen LogP) is 2.75. The van der Waals surface area contributed by atoms with E-state index >= 15 is 0 Å². The molecule has 0 unspecified atom stereocenters. The number of hydrogen-bond acceptors (Lipinski definition) is 4. The molecule has 4 heteroatoms. The van der Waals surface area contributed by atoms with Gasteiger partial charge in [-0.3, -0.25) is 4.79 Å². The van der Waals surface area contributed by atoms with Gasteiger partial charge in [-0.05, 0) is 37.2 Å². The Morgan fingerprint density at radius 1 is 1.04 bits per heavy atom. The average Bonchev–Trinajstić information content (AvgIpc) is 2.56. The molecule has 0 fully saturated rings. The van der Waals surface area contributed by atoms with Crippen molar-refractivity contribution in [3.63, 3.8) is 0 Å². The molecule has 0 bridgehead atoms. The Kier molecular flexibility index (Phi) is 14.5. The van der Waals surface area contributed by atoms with Crippen molar-refractivity contribution in [1.82, 2.24) is 0 Å². The van der Waals surface area contributed by atoms with Crippen LogP contribution in [0.25, 0.3) is 0 Å². The van der Waals surface area contributed by atoms with Crippen molar-refractivity contribution in [3.05, 3.63) is 24.8 Å². The van der Waals surface area contributed by atoms with Crippen LogP contribution in [-0.4, -0.2) is 35.0 Å². The fourth-order valence-electron chi connectivity index (χ4n) is 1.84. The number of aliphatic hydroxyl groups is 2. The van der Waals surface area contributed by atoms with Crippen LogP contribution in [0.15, 0.2) is 24.8 Å². The van der Waals surface area contributed by atoms with Gasteiger partial charge in [-0.1, -0.05) is 56.3 Å². The number of esters is 1. The summed E-state index contributed by atoms with van der Waals surface area (Å²) in [6, 6.07) is 0. The average molecular weight is 332 g/mol. The van der Waals surface area contributed by atoms with Crippen molar-refractivity contribution in [2.75, 3.05) is 6.61 Å². The summed E-state index contributed by atoms with van der Waals surface area (Å²) in [5.41, 5.74) is 0. The van der Waals surface area contributed by atoms with E-state index in [1.54, 1.807) is 6.08 Å². The molecule has 0 radical (unpaired) electrons. The lowest BCUT2D eigenvalue weighted by Crippen LogP contribution is -2.00. The highest BCUT2D eigenvalue weighted by atomic mass is 16.5. The van der Waals surface area contributed by atoms with E-state index in [1.165, 1.54) is 13.0 Å². The summed E-state index contributed by atoms with van der Waals surface area (Å²) in [6.07, 6.45) is 10.6. The Bertz CT molecular complexity index is 499. The number of aliphatic hydroxyl groups excluding tert-OH is 2. The van der Waals surface area contributed by atoms with Crippen molar-refractivity contribution >= 4 is 5.97 Å². The van der Waals surface area contributed by atoms with Crippen LogP contribution in [0.5, 0.6) is 0 Å². The maximum absolute atomic E-state index is 10.6. The molecule has 2 N–H and O–H groups in total. The highest BCUT2D eigenvalue weighted by Gasteiger charge is 1.94. The number of carbonyl (C=O) groups is 1. The summed E-state index contributed by atoms with van der Waals surface area (Å²) >= 11 is 0. The Labute approximate surface area is 145 Å². The molecule has 4 nitrogen and oxygen atoms in total. The smallest absolute Gasteiger partial charge is 0.302 e. The van der Waals surface area contributed by atoms with Crippen molar-refractivity contribution in [1.29, 1.82) is 0 Å². The van der Waals surface area contributed by atoms with Gasteiger partial charge in [-0.15, -0.1) is 0 Å². The second-order valence-corrected chi connectivity index (χ2v) is 5.34. The quantitative estimate of drug-likeness (QED) is 0.264. The van der Waals surface area contributed by atoms with Gasteiger partial charge in [0.25, 0.3) is 0 Å². The molecule has 2 atom stereocenters. The number of hydrogen-bond donors (Lipinski definition) is 2. The molecule has 0 aliphatic rings. The molecule has 0 rings (SSSR count). The topological polar surface area (TPSA) is 66.8 Å². The molecule has 0 saturated carbocycles. The van der Waals surface area contributed by atoms with E-state index in [0.29, 0.717) is 6.61 Å². The van der Waals surface area contributed by atoms with Gasteiger partial charge in [0.05, 0.1) is 6.61 Å². The molecular formula is C20H28O4. The van der Waals surface area contributed by atoms with Crippen LogP contribution in [-0.2, 0) is 9.53 Å². The van der Waals surface area contributed by atoms with Gasteiger partial charge in [0.15, 0.2) is 0 Å². The first kappa shape index (κ1) is 22.0. The van der Waals surface area contributed by atoms with E-state index in [9.17, 15) is 9.90 Å². The number of unbranched alkanes of at least 4 members (excludes halogenated alkanes) is 6. The third kappa shape index (κ3) is 16.4. The number of ether oxygens (including phenoxy) is 1. The van der Waals surface area contributed by atoms with Crippen molar-refractivity contribution in [3.8, 4) is 23.7 Å². The third-order valence-corrected chi connectivity index (χ3v) is 3.11. The first-order chi connectivity index (χ1) is 11.6. The van der Waals surface area contributed by atoms with Crippen molar-refractivity contribution < 1.29 is 19.7 Å². The van der Waals surface area contributed by atoms with Gasteiger partial charge in [-0.2, -0.15) is 0 Å². The van der Waals surface area contributed by atoms with Gasteiger partial charge in [0, 0.05) is 6.92 Å². The monoisotopic (exact) mass is 332 g/mol. The van der Waals surface area contributed by atoms with Gasteiger partial charge in [0.1, 0.15) is 12.2 Å². The van der Waals surface area contributed by atoms with Crippen molar-refractivity contribution in [2.45, 2.75) is 64.1 Å². The standard InChI is InChI=1S/C20H28O4/c1-3-19(22)14-11-12-16-20(23)15-10-8-6-4-5-7-9-13-17-24-18(2)21/h3,10,15,19-20,22-23H,1,4-9,13,17H2,2H3/b15-10-/t19-,20-/m1/s1. The van der Waals surface area contributed by atoms with Gasteiger partial charge >= 0.3 is 5.97 Å². The minimum atomic E-state index is -0.881. The maximum Gasteiger partial charge on any atom is 0.302 e. The van der Waals surface area contributed by atoms with E-state index in [-0.39, 0.29) is 5.97 Å². The fraction of sp³-hybridized carbons (Fsp3) is 0.550. The largest absolute Gasteiger partial charge is 0.466 e. The second kappa shape index (κ2) is 15.9. The molecule has 0 spiro atoms. The van der Waals surface area contributed by atoms with Crippen LogP contribution in [0.4, 0.5) is 0 Å². The summed E-state index contributed by atoms with van der Waals surface area (Å²) in [6.45, 7) is 5.34. The molecule has 0 aliphatic heterocycles. The Hall–Kier alpha value is -2.01. The van der Waals surface area contributed by atoms with E-state index in [4.69, 9.17) is 9.84 Å². The molecule has 132 valence electrons. The summed E-state index contributed by atoms with van der Waals surface area (Å²) in [4.78, 5) is 10.6. The number of carbonyl (C=O) groups excluding carboxylic acids is 1. The third-order valence-electron chi connectivity index (χ3n) is 3.11. The van der Waals surface area contributed by atoms with Gasteiger partial charge in [0.2, 0.25) is 0 Å². The van der Waals surface area contributed by atoms with Crippen LogP contribution < -0.4 is 0 Å². The highest BCUT2D eigenvalue weighted by Crippen LogP contribution is 2.08. The molecule has 24 heavy (non-hydrogen) atoms. The van der Waals surface area contributed by atoms with Gasteiger partial charge in [-0.25, -0.2) is 0 Å². The number of rotatable bonds is 11. The molecule has 0 aliphatic carbocycles. The number of allylic oxidation sites excluding steroid dienone is 1. The van der Waals surface area contributed by atoms with E-state index in [0.717, 1.165) is 44.9 Å². The first-order valence-electron chi connectivity index (χ1n) is 8.36. The zero-order chi connectivity index (χ0) is 18.0. The lowest BCUT2D eigenvalue weighted by atomic mass is 10.1. The molecule has 0 amide bonds. The van der Waals surface area contributed by atoms with Crippen LogP contribution in [0.3, 0.4) is 0 Å². The summed E-state index contributed by atoms with van der Waals surface area (Å²) in [5.74, 6) is 9.76. The minimum absolute atomic E-state index is 0.213. The van der Waals surface area contributed by atoms with E-state index in [2.05, 4.69) is 30.3 Å². The van der Waals surface area contributed by atoms with Gasteiger partial charge < -0.3 is 14.9 Å². The van der Waals surface area contributed by atoms with E-state index < -0.39 is 12.2 Å². The zero-order valence-corrected chi connectivity index (χ0v) is 14.5. The van der Waals surface area contributed by atoms with Crippen LogP contribution in [0, 0.1) is 23.7 Å². The molecule has 0 aromatic heterocycles. The molecular weight excluding hydrogens is 304 g/mol. The van der Waals surface area contributed by atoms with E-state index in [1.807, 2.05) is 6.08 Å². The normalized spacial score (nSPS) is 12.5. The highest BCUT2D eigenvalue weighted by molar-refractivity contribution is 5.65. The Morgan fingerprint density at radius 2 is 1.62 bits per heavy atom. The van der Waals surface area contributed by atoms with Crippen LogP contribution in [0.2, 0.25) is 0 Å². The predicted molar refractivity (Wildman–Crippen MR) is 95.9 cm³/mol. The zero-order valence-electron chi connectivity index (χ0n) is 14.5. The second-order valence-electron chi connectivity index (χ2n) is 5.34. The summed E-state index contributed by atoms with van der Waals surface area (Å²) in [7, 11) is 0. The Morgan fingerprint density at radius 3 is 2.25 bits per heavy atom. The van der Waals surface area contributed by atoms with Crippen molar-refractivity contribution in [2.24, 2.45) is 0 Å². The maximum atomic E-state index is 10.6. The van der Waals surface area contributed by atoms with Crippen LogP contribution in [0.1, 0.15) is 51.9 Å². The first-order valence-corrected chi connectivity index (χ1v) is 8.36. The lowest BCUT2D eigenvalue weighted by molar-refractivity contribution is -0.141. The molecule has 0 aromatic carbocycles. The lowest BCUT2D eigenvalue weighted by Gasteiger charge is -2.02. The van der Waals surface area contributed by atoms with Crippen LogP contribution >= 0.6 is 0 Å². The summed E-state index contributed by atoms with van der Waals surface area (Å²) in [5, 5.41) is 18.7.